The summed E-state index contributed by atoms with van der Waals surface area (Å²) in [6.07, 6.45) is 0. The van der Waals surface area contributed by atoms with Gasteiger partial charge in [-0.2, -0.15) is 0 Å². The van der Waals surface area contributed by atoms with Gasteiger partial charge in [-0.3, -0.25) is 0 Å². The number of hydrogen-bond acceptors (Lipinski definition) is 2. The summed E-state index contributed by atoms with van der Waals surface area (Å²) in [6, 6.07) is 13.2. The molecule has 0 aliphatic rings. The van der Waals surface area contributed by atoms with E-state index < -0.39 is 0 Å². The van der Waals surface area contributed by atoms with Crippen molar-refractivity contribution in [3.63, 3.8) is 0 Å². The first-order valence-electron chi connectivity index (χ1n) is 7.92. The van der Waals surface area contributed by atoms with Crippen LogP contribution in [0.4, 0.5) is 16.2 Å². The van der Waals surface area contributed by atoms with E-state index in [1.165, 1.54) is 0 Å². The van der Waals surface area contributed by atoms with Gasteiger partial charge in [0.25, 0.3) is 0 Å². The number of hydrogen-bond donors (Lipinski definition) is 2. The standard InChI is InChI=1S/C19H24N2O2/c1-5-23-17-12-7-6-11-16(17)20-19(22)21-18-14(4)9-8-10-15(18)13(2)3/h6-13H,5H2,1-4H3,(H2,20,21,22). The van der Waals surface area contributed by atoms with Crippen LogP contribution in [0.15, 0.2) is 42.5 Å². The van der Waals surface area contributed by atoms with Crippen LogP contribution in [0.2, 0.25) is 0 Å². The van der Waals surface area contributed by atoms with Crippen LogP contribution >= 0.6 is 0 Å². The molecule has 0 unspecified atom stereocenters. The first kappa shape index (κ1) is 16.9. The molecule has 0 radical (unpaired) electrons. The first-order chi connectivity index (χ1) is 11.0. The molecule has 4 heteroatoms. The average Bonchev–Trinajstić information content (AvgIpc) is 2.51. The van der Waals surface area contributed by atoms with Gasteiger partial charge in [0.1, 0.15) is 5.75 Å². The van der Waals surface area contributed by atoms with Crippen LogP contribution < -0.4 is 15.4 Å². The fourth-order valence-electron chi connectivity index (χ4n) is 2.46. The molecule has 0 saturated carbocycles. The molecule has 0 aliphatic carbocycles. The Labute approximate surface area is 137 Å². The fraction of sp³-hybridized carbons (Fsp3) is 0.316. The van der Waals surface area contributed by atoms with Gasteiger partial charge in [0.2, 0.25) is 0 Å². The molecule has 2 aromatic rings. The van der Waals surface area contributed by atoms with Gasteiger partial charge in [0.05, 0.1) is 12.3 Å². The Balaban J connectivity index is 2.18. The lowest BCUT2D eigenvalue weighted by molar-refractivity contribution is 0.262. The second-order valence-corrected chi connectivity index (χ2v) is 5.70. The third-order valence-electron chi connectivity index (χ3n) is 3.60. The SMILES string of the molecule is CCOc1ccccc1NC(=O)Nc1c(C)cccc1C(C)C. The van der Waals surface area contributed by atoms with Gasteiger partial charge in [-0.1, -0.05) is 44.2 Å². The maximum Gasteiger partial charge on any atom is 0.323 e. The topological polar surface area (TPSA) is 50.4 Å². The zero-order valence-electron chi connectivity index (χ0n) is 14.1. The number of urea groups is 1. The van der Waals surface area contributed by atoms with Crippen molar-refractivity contribution in [1.29, 1.82) is 0 Å². The highest BCUT2D eigenvalue weighted by Gasteiger charge is 2.13. The molecular weight excluding hydrogens is 288 g/mol. The highest BCUT2D eigenvalue weighted by atomic mass is 16.5. The fourth-order valence-corrected chi connectivity index (χ4v) is 2.46. The van der Waals surface area contributed by atoms with Crippen molar-refractivity contribution in [2.75, 3.05) is 17.2 Å². The molecule has 0 fully saturated rings. The Morgan fingerprint density at radius 1 is 1.09 bits per heavy atom. The second-order valence-electron chi connectivity index (χ2n) is 5.70. The molecule has 2 rings (SSSR count). The molecule has 0 heterocycles. The van der Waals surface area contributed by atoms with E-state index in [1.54, 1.807) is 0 Å². The zero-order chi connectivity index (χ0) is 16.8. The van der Waals surface area contributed by atoms with Crippen LogP contribution in [0, 0.1) is 6.92 Å². The summed E-state index contributed by atoms with van der Waals surface area (Å²) in [7, 11) is 0. The number of aryl methyl sites for hydroxylation is 1. The van der Waals surface area contributed by atoms with Gasteiger partial charge in [-0.15, -0.1) is 0 Å². The molecule has 0 aromatic heterocycles. The van der Waals surface area contributed by atoms with Crippen LogP contribution in [0.1, 0.15) is 37.8 Å². The molecule has 0 atom stereocenters. The molecule has 0 spiro atoms. The van der Waals surface area contributed by atoms with Gasteiger partial charge in [-0.05, 0) is 43.0 Å². The van der Waals surface area contributed by atoms with E-state index >= 15 is 0 Å². The number of para-hydroxylation sites is 3. The molecule has 2 N–H and O–H groups in total. The Morgan fingerprint density at radius 3 is 2.52 bits per heavy atom. The summed E-state index contributed by atoms with van der Waals surface area (Å²) in [5.74, 6) is 1.000. The maximum absolute atomic E-state index is 12.4. The normalized spacial score (nSPS) is 10.5. The third-order valence-corrected chi connectivity index (χ3v) is 3.60. The largest absolute Gasteiger partial charge is 0.492 e. The zero-order valence-corrected chi connectivity index (χ0v) is 14.1. The molecule has 0 bridgehead atoms. The molecule has 2 aromatic carbocycles. The summed E-state index contributed by atoms with van der Waals surface area (Å²) in [5, 5.41) is 5.83. The van der Waals surface area contributed by atoms with Crippen LogP contribution in [0.5, 0.6) is 5.75 Å². The summed E-state index contributed by atoms with van der Waals surface area (Å²) >= 11 is 0. The van der Waals surface area contributed by atoms with Gasteiger partial charge in [-0.25, -0.2) is 4.79 Å². The average molecular weight is 312 g/mol. The van der Waals surface area contributed by atoms with Crippen LogP contribution in [0.3, 0.4) is 0 Å². The van der Waals surface area contributed by atoms with Crippen LogP contribution in [-0.4, -0.2) is 12.6 Å². The minimum atomic E-state index is -0.270. The Kier molecular flexibility index (Phi) is 5.63. The summed E-state index contributed by atoms with van der Waals surface area (Å²) in [6.45, 7) is 8.69. The van der Waals surface area contributed by atoms with Gasteiger partial charge < -0.3 is 15.4 Å². The minimum Gasteiger partial charge on any atom is -0.492 e. The van der Waals surface area contributed by atoms with Crippen molar-refractivity contribution in [2.24, 2.45) is 0 Å². The lowest BCUT2D eigenvalue weighted by Gasteiger charge is -2.17. The third kappa shape index (κ3) is 4.25. The summed E-state index contributed by atoms with van der Waals surface area (Å²) in [4.78, 5) is 12.4. The number of benzene rings is 2. The van der Waals surface area contributed by atoms with E-state index in [-0.39, 0.29) is 6.03 Å². The molecule has 122 valence electrons. The second kappa shape index (κ2) is 7.68. The molecule has 0 saturated heterocycles. The van der Waals surface area contributed by atoms with Crippen LogP contribution in [-0.2, 0) is 0 Å². The van der Waals surface area contributed by atoms with Crippen molar-refractivity contribution >= 4 is 17.4 Å². The number of carbonyl (C=O) groups excluding carboxylic acids is 1. The predicted octanol–water partition coefficient (Wildman–Crippen LogP) is 5.16. The smallest absolute Gasteiger partial charge is 0.323 e. The highest BCUT2D eigenvalue weighted by molar-refractivity contribution is 6.01. The number of anilines is 2. The van der Waals surface area contributed by atoms with E-state index in [9.17, 15) is 4.79 Å². The number of ether oxygens (including phenoxy) is 1. The molecule has 4 nitrogen and oxygen atoms in total. The van der Waals surface area contributed by atoms with E-state index in [1.807, 2.05) is 56.3 Å². The number of nitrogens with one attached hydrogen (secondary N) is 2. The Hall–Kier alpha value is -2.49. The van der Waals surface area contributed by atoms with Gasteiger partial charge >= 0.3 is 6.03 Å². The number of carbonyl (C=O) groups is 1. The predicted molar refractivity (Wildman–Crippen MR) is 95.5 cm³/mol. The van der Waals surface area contributed by atoms with E-state index in [4.69, 9.17) is 4.74 Å². The molecule has 2 amide bonds. The van der Waals surface area contributed by atoms with Crippen molar-refractivity contribution < 1.29 is 9.53 Å². The summed E-state index contributed by atoms with van der Waals surface area (Å²) in [5.41, 5.74) is 3.70. The van der Waals surface area contributed by atoms with E-state index in [0.29, 0.717) is 24.0 Å². The Morgan fingerprint density at radius 2 is 1.83 bits per heavy atom. The van der Waals surface area contributed by atoms with Crippen molar-refractivity contribution in [2.45, 2.75) is 33.6 Å². The molecular formula is C19H24N2O2. The lowest BCUT2D eigenvalue weighted by atomic mass is 9.98. The number of amides is 2. The summed E-state index contributed by atoms with van der Waals surface area (Å²) < 4.78 is 5.53. The van der Waals surface area contributed by atoms with Crippen LogP contribution in [0.25, 0.3) is 0 Å². The van der Waals surface area contributed by atoms with Gasteiger partial charge in [0.15, 0.2) is 0 Å². The highest BCUT2D eigenvalue weighted by Crippen LogP contribution is 2.28. The molecule has 0 aliphatic heterocycles. The molecule has 23 heavy (non-hydrogen) atoms. The lowest BCUT2D eigenvalue weighted by Crippen LogP contribution is -2.21. The van der Waals surface area contributed by atoms with Gasteiger partial charge in [0, 0.05) is 5.69 Å². The van der Waals surface area contributed by atoms with Crippen molar-refractivity contribution in [1.82, 2.24) is 0 Å². The number of rotatable bonds is 5. The maximum atomic E-state index is 12.4. The van der Waals surface area contributed by atoms with Crippen molar-refractivity contribution in [3.8, 4) is 5.75 Å². The Bertz CT molecular complexity index is 681. The van der Waals surface area contributed by atoms with Crippen molar-refractivity contribution in [3.05, 3.63) is 53.6 Å². The minimum absolute atomic E-state index is 0.270. The monoisotopic (exact) mass is 312 g/mol. The first-order valence-corrected chi connectivity index (χ1v) is 7.92. The quantitative estimate of drug-likeness (QED) is 0.801. The van der Waals surface area contributed by atoms with E-state index in [0.717, 1.165) is 16.8 Å². The van der Waals surface area contributed by atoms with E-state index in [2.05, 4.69) is 24.5 Å².